The molecule has 3 heterocycles. The summed E-state index contributed by atoms with van der Waals surface area (Å²) in [6.07, 6.45) is 1.94. The van der Waals surface area contributed by atoms with Gasteiger partial charge in [0.1, 0.15) is 11.2 Å². The van der Waals surface area contributed by atoms with Crippen LogP contribution in [0.25, 0.3) is 39.0 Å². The topological polar surface area (TPSA) is 47.5 Å². The molecule has 120 valence electrons. The molecule has 2 aromatic carbocycles. The molecule has 0 bridgehead atoms. The van der Waals surface area contributed by atoms with Gasteiger partial charge in [-0.05, 0) is 47.9 Å². The summed E-state index contributed by atoms with van der Waals surface area (Å²) in [4.78, 5) is 17.5. The molecule has 0 fully saturated rings. The summed E-state index contributed by atoms with van der Waals surface area (Å²) in [7, 11) is 0. The van der Waals surface area contributed by atoms with Gasteiger partial charge in [0.15, 0.2) is 5.52 Å². The first-order chi connectivity index (χ1) is 12.2. The Labute approximate surface area is 143 Å². The van der Waals surface area contributed by atoms with Gasteiger partial charge in [-0.3, -0.25) is 9.20 Å². The summed E-state index contributed by atoms with van der Waals surface area (Å²) in [5.74, 6) is 0. The smallest absolute Gasteiger partial charge is 0.250 e. The van der Waals surface area contributed by atoms with Gasteiger partial charge in [0.2, 0.25) is 11.1 Å². The molecule has 3 aromatic heterocycles. The monoisotopic (exact) mass is 326 g/mol. The average molecular weight is 326 g/mol. The highest BCUT2D eigenvalue weighted by Gasteiger charge is 2.14. The van der Waals surface area contributed by atoms with Crippen molar-refractivity contribution < 1.29 is 4.42 Å². The van der Waals surface area contributed by atoms with E-state index >= 15 is 0 Å². The number of aromatic nitrogens is 2. The molecule has 4 nitrogen and oxygen atoms in total. The Bertz CT molecular complexity index is 1310. The van der Waals surface area contributed by atoms with Gasteiger partial charge in [-0.1, -0.05) is 36.4 Å². The highest BCUT2D eigenvalue weighted by Crippen LogP contribution is 2.24. The van der Waals surface area contributed by atoms with Crippen LogP contribution in [0.3, 0.4) is 0 Å². The molecule has 0 radical (unpaired) electrons. The Kier molecular flexibility index (Phi) is 2.82. The molecule has 5 rings (SSSR count). The van der Waals surface area contributed by atoms with Crippen molar-refractivity contribution in [1.29, 1.82) is 0 Å². The molecule has 0 aliphatic carbocycles. The number of imidazole rings is 1. The molecule has 5 aromatic rings. The van der Waals surface area contributed by atoms with Crippen LogP contribution in [0.1, 0.15) is 5.56 Å². The first kappa shape index (κ1) is 14.0. The summed E-state index contributed by atoms with van der Waals surface area (Å²) in [6.45, 7) is 1.97. The highest BCUT2D eigenvalue weighted by molar-refractivity contribution is 5.89. The summed E-state index contributed by atoms with van der Waals surface area (Å²) in [6, 6.07) is 19.6. The van der Waals surface area contributed by atoms with Crippen molar-refractivity contribution in [2.24, 2.45) is 0 Å². The van der Waals surface area contributed by atoms with E-state index in [2.05, 4.69) is 4.98 Å². The minimum atomic E-state index is -0.0611. The zero-order chi connectivity index (χ0) is 17.0. The molecule has 0 spiro atoms. The molecule has 0 unspecified atom stereocenters. The van der Waals surface area contributed by atoms with Crippen LogP contribution >= 0.6 is 0 Å². The number of fused-ring (bicyclic) bond motifs is 4. The quantitative estimate of drug-likeness (QED) is 0.453. The van der Waals surface area contributed by atoms with Gasteiger partial charge < -0.3 is 4.42 Å². The molecule has 0 aliphatic heterocycles. The summed E-state index contributed by atoms with van der Waals surface area (Å²) in [5.41, 5.74) is 5.21. The van der Waals surface area contributed by atoms with E-state index in [9.17, 15) is 4.79 Å². The van der Waals surface area contributed by atoms with E-state index in [0.29, 0.717) is 27.8 Å². The normalized spacial score (nSPS) is 11.6. The van der Waals surface area contributed by atoms with Gasteiger partial charge in [0, 0.05) is 6.20 Å². The molecular weight excluding hydrogens is 312 g/mol. The summed E-state index contributed by atoms with van der Waals surface area (Å²) < 4.78 is 7.73. The van der Waals surface area contributed by atoms with Crippen LogP contribution in [-0.4, -0.2) is 9.38 Å². The number of pyridine rings is 1. The lowest BCUT2D eigenvalue weighted by molar-refractivity contribution is 0.647. The van der Waals surface area contributed by atoms with E-state index in [1.807, 2.05) is 78.2 Å². The molecule has 0 N–H and O–H groups in total. The van der Waals surface area contributed by atoms with Crippen molar-refractivity contribution in [3.8, 4) is 11.1 Å². The van der Waals surface area contributed by atoms with Crippen LogP contribution in [0.5, 0.6) is 0 Å². The second kappa shape index (κ2) is 5.05. The van der Waals surface area contributed by atoms with Gasteiger partial charge in [-0.2, -0.15) is 4.98 Å². The SMILES string of the molecule is Cc1ccc2c(=O)c3c(nc4ccc(-c5ccccc5)cn43)oc2c1. The van der Waals surface area contributed by atoms with Crippen molar-refractivity contribution >= 4 is 27.8 Å². The van der Waals surface area contributed by atoms with Gasteiger partial charge in [0.25, 0.3) is 0 Å². The highest BCUT2D eigenvalue weighted by atomic mass is 16.3. The number of benzene rings is 2. The van der Waals surface area contributed by atoms with Gasteiger partial charge >= 0.3 is 0 Å². The predicted molar refractivity (Wildman–Crippen MR) is 98.9 cm³/mol. The van der Waals surface area contributed by atoms with Crippen molar-refractivity contribution in [3.63, 3.8) is 0 Å². The van der Waals surface area contributed by atoms with Gasteiger partial charge in [-0.25, -0.2) is 0 Å². The third-order valence-electron chi connectivity index (χ3n) is 4.50. The fraction of sp³-hybridized carbons (Fsp3) is 0.0476. The summed E-state index contributed by atoms with van der Waals surface area (Å²) >= 11 is 0. The average Bonchev–Trinajstić information content (AvgIpc) is 2.99. The standard InChI is InChI=1S/C21H14N2O2/c1-13-7-9-16-17(11-13)25-21-19(20(16)24)23-12-15(8-10-18(23)22-21)14-5-3-2-4-6-14/h2-12H,1H3. The second-order valence-electron chi connectivity index (χ2n) is 6.21. The van der Waals surface area contributed by atoms with E-state index < -0.39 is 0 Å². The Morgan fingerprint density at radius 3 is 2.64 bits per heavy atom. The Hall–Kier alpha value is -3.40. The Balaban J connectivity index is 1.89. The van der Waals surface area contributed by atoms with Gasteiger partial charge in [0.05, 0.1) is 5.39 Å². The largest absolute Gasteiger partial charge is 0.436 e. The van der Waals surface area contributed by atoms with Crippen molar-refractivity contribution in [1.82, 2.24) is 9.38 Å². The first-order valence-corrected chi connectivity index (χ1v) is 8.11. The fourth-order valence-corrected chi connectivity index (χ4v) is 3.24. The zero-order valence-corrected chi connectivity index (χ0v) is 13.6. The molecule has 0 saturated heterocycles. The Morgan fingerprint density at radius 1 is 0.960 bits per heavy atom. The van der Waals surface area contributed by atoms with Crippen LogP contribution < -0.4 is 5.43 Å². The zero-order valence-electron chi connectivity index (χ0n) is 13.6. The fourth-order valence-electron chi connectivity index (χ4n) is 3.24. The van der Waals surface area contributed by atoms with E-state index in [-0.39, 0.29) is 5.43 Å². The molecule has 0 aliphatic rings. The summed E-state index contributed by atoms with van der Waals surface area (Å²) in [5, 5.41) is 0.574. The van der Waals surface area contributed by atoms with Crippen LogP contribution in [0.2, 0.25) is 0 Å². The van der Waals surface area contributed by atoms with Crippen molar-refractivity contribution in [3.05, 3.63) is 82.6 Å². The minimum Gasteiger partial charge on any atom is -0.436 e. The maximum Gasteiger partial charge on any atom is 0.250 e. The number of hydrogen-bond acceptors (Lipinski definition) is 3. The molecule has 0 atom stereocenters. The molecular formula is C21H14N2O2. The second-order valence-corrected chi connectivity index (χ2v) is 6.21. The minimum absolute atomic E-state index is 0.0611. The lowest BCUT2D eigenvalue weighted by Gasteiger charge is -2.03. The molecule has 25 heavy (non-hydrogen) atoms. The third-order valence-corrected chi connectivity index (χ3v) is 4.50. The molecule has 4 heteroatoms. The maximum absolute atomic E-state index is 13.0. The van der Waals surface area contributed by atoms with Crippen LogP contribution in [0, 0.1) is 6.92 Å². The van der Waals surface area contributed by atoms with E-state index in [4.69, 9.17) is 4.42 Å². The number of rotatable bonds is 1. The maximum atomic E-state index is 13.0. The van der Waals surface area contributed by atoms with E-state index in [1.165, 1.54) is 0 Å². The lowest BCUT2D eigenvalue weighted by Crippen LogP contribution is -2.04. The number of aryl methyl sites for hydroxylation is 1. The first-order valence-electron chi connectivity index (χ1n) is 8.11. The van der Waals surface area contributed by atoms with Crippen LogP contribution in [-0.2, 0) is 0 Å². The molecule has 0 saturated carbocycles. The van der Waals surface area contributed by atoms with Crippen LogP contribution in [0.15, 0.2) is 76.1 Å². The van der Waals surface area contributed by atoms with Crippen LogP contribution in [0.4, 0.5) is 0 Å². The van der Waals surface area contributed by atoms with Gasteiger partial charge in [-0.15, -0.1) is 0 Å². The van der Waals surface area contributed by atoms with Crippen molar-refractivity contribution in [2.75, 3.05) is 0 Å². The predicted octanol–water partition coefficient (Wildman–Crippen LogP) is 4.57. The van der Waals surface area contributed by atoms with Crippen molar-refractivity contribution in [2.45, 2.75) is 6.92 Å². The number of nitrogens with zero attached hydrogens (tertiary/aromatic N) is 2. The third kappa shape index (κ3) is 2.08. The Morgan fingerprint density at radius 2 is 1.80 bits per heavy atom. The number of hydrogen-bond donors (Lipinski definition) is 0. The van der Waals surface area contributed by atoms with E-state index in [1.54, 1.807) is 0 Å². The van der Waals surface area contributed by atoms with E-state index in [0.717, 1.165) is 16.7 Å². The molecule has 0 amide bonds. The lowest BCUT2D eigenvalue weighted by atomic mass is 10.1.